The molecular formula is C22H33N5O3. The fourth-order valence-corrected chi connectivity index (χ4v) is 3.96. The summed E-state index contributed by atoms with van der Waals surface area (Å²) in [7, 11) is 0. The van der Waals surface area contributed by atoms with Crippen LogP contribution in [0.3, 0.4) is 0 Å². The predicted octanol–water partition coefficient (Wildman–Crippen LogP) is 3.19. The molecule has 3 rings (SSSR count). The molecule has 1 aromatic carbocycles. The van der Waals surface area contributed by atoms with Gasteiger partial charge >= 0.3 is 6.09 Å². The molecule has 1 aliphatic heterocycles. The van der Waals surface area contributed by atoms with E-state index in [1.807, 2.05) is 24.3 Å². The summed E-state index contributed by atoms with van der Waals surface area (Å²) in [6.07, 6.45) is 1.19. The number of hydrogen-bond acceptors (Lipinski definition) is 5. The zero-order chi connectivity index (χ0) is 21.5. The van der Waals surface area contributed by atoms with Crippen LogP contribution >= 0.6 is 0 Å². The standard InChI is InChI=1S/C22H33N5O3/c1-4-25(5-2)14-15-27-19-12-8-7-11-18(19)23-21(27)24-20(28)17-10-9-13-26(16-17)22(29)30-6-3/h7-8,11-12,17H,4-6,9-10,13-16H2,1-3H3,(H,23,24,28). The SMILES string of the molecule is CCOC(=O)N1CCCC(C(=O)Nc2nc3ccccc3n2CCN(CC)CC)C1. The van der Waals surface area contributed by atoms with Crippen LogP contribution in [0.4, 0.5) is 10.7 Å². The van der Waals surface area contributed by atoms with Gasteiger partial charge in [0.05, 0.1) is 23.6 Å². The van der Waals surface area contributed by atoms with Crippen molar-refractivity contribution in [1.29, 1.82) is 0 Å². The Kier molecular flexibility index (Phi) is 7.68. The van der Waals surface area contributed by atoms with E-state index in [9.17, 15) is 9.59 Å². The van der Waals surface area contributed by atoms with Gasteiger partial charge < -0.3 is 19.1 Å². The van der Waals surface area contributed by atoms with Crippen LogP contribution in [0.1, 0.15) is 33.6 Å². The first-order valence-electron chi connectivity index (χ1n) is 11.0. The lowest BCUT2D eigenvalue weighted by Gasteiger charge is -2.31. The van der Waals surface area contributed by atoms with Crippen molar-refractivity contribution in [3.63, 3.8) is 0 Å². The highest BCUT2D eigenvalue weighted by molar-refractivity contribution is 5.93. The second-order valence-electron chi connectivity index (χ2n) is 7.58. The zero-order valence-corrected chi connectivity index (χ0v) is 18.3. The molecule has 0 radical (unpaired) electrons. The third-order valence-corrected chi connectivity index (χ3v) is 5.74. The van der Waals surface area contributed by atoms with E-state index in [1.165, 1.54) is 0 Å². The van der Waals surface area contributed by atoms with Gasteiger partial charge in [0, 0.05) is 26.2 Å². The van der Waals surface area contributed by atoms with E-state index in [1.54, 1.807) is 11.8 Å². The monoisotopic (exact) mass is 415 g/mol. The number of fused-ring (bicyclic) bond motifs is 1. The molecule has 1 N–H and O–H groups in total. The van der Waals surface area contributed by atoms with Crippen LogP contribution in [0.25, 0.3) is 11.0 Å². The molecule has 2 amide bonds. The second-order valence-corrected chi connectivity index (χ2v) is 7.58. The molecule has 1 aromatic heterocycles. The van der Waals surface area contributed by atoms with Crippen molar-refractivity contribution in [2.75, 3.05) is 44.6 Å². The number of para-hydroxylation sites is 2. The molecule has 1 saturated heterocycles. The first-order chi connectivity index (χ1) is 14.6. The highest BCUT2D eigenvalue weighted by Crippen LogP contribution is 2.23. The number of likely N-dealkylation sites (tertiary alicyclic amines) is 1. The van der Waals surface area contributed by atoms with Gasteiger partial charge in [-0.2, -0.15) is 0 Å². The van der Waals surface area contributed by atoms with E-state index in [0.29, 0.717) is 25.6 Å². The number of hydrogen-bond donors (Lipinski definition) is 1. The molecule has 0 spiro atoms. The van der Waals surface area contributed by atoms with Crippen LogP contribution < -0.4 is 5.32 Å². The minimum absolute atomic E-state index is 0.0941. The average Bonchev–Trinajstić information content (AvgIpc) is 3.11. The van der Waals surface area contributed by atoms with Crippen molar-refractivity contribution in [2.24, 2.45) is 5.92 Å². The summed E-state index contributed by atoms with van der Waals surface area (Å²) in [6, 6.07) is 7.93. The summed E-state index contributed by atoms with van der Waals surface area (Å²) in [5, 5.41) is 3.04. The first-order valence-corrected chi connectivity index (χ1v) is 11.0. The molecule has 8 heteroatoms. The molecule has 1 fully saturated rings. The number of carbonyl (C=O) groups excluding carboxylic acids is 2. The van der Waals surface area contributed by atoms with Gasteiger partial charge in [0.25, 0.3) is 0 Å². The van der Waals surface area contributed by atoms with Crippen molar-refractivity contribution in [1.82, 2.24) is 19.4 Å². The number of likely N-dealkylation sites (N-methyl/N-ethyl adjacent to an activating group) is 1. The van der Waals surface area contributed by atoms with E-state index < -0.39 is 0 Å². The molecule has 0 saturated carbocycles. The van der Waals surface area contributed by atoms with Crippen molar-refractivity contribution >= 4 is 29.0 Å². The van der Waals surface area contributed by atoms with Crippen molar-refractivity contribution in [3.8, 4) is 0 Å². The van der Waals surface area contributed by atoms with Crippen LogP contribution in [-0.2, 0) is 16.1 Å². The van der Waals surface area contributed by atoms with Crippen molar-refractivity contribution in [3.05, 3.63) is 24.3 Å². The fraction of sp³-hybridized carbons (Fsp3) is 0.591. The van der Waals surface area contributed by atoms with Gasteiger partial charge in [0.15, 0.2) is 0 Å². The number of amides is 2. The molecule has 2 aromatic rings. The van der Waals surface area contributed by atoms with E-state index in [2.05, 4.69) is 33.6 Å². The maximum atomic E-state index is 13.0. The smallest absolute Gasteiger partial charge is 0.409 e. The molecule has 2 heterocycles. The highest BCUT2D eigenvalue weighted by Gasteiger charge is 2.30. The van der Waals surface area contributed by atoms with E-state index in [4.69, 9.17) is 4.74 Å². The maximum Gasteiger partial charge on any atom is 0.409 e. The number of ether oxygens (including phenoxy) is 1. The summed E-state index contributed by atoms with van der Waals surface area (Å²) in [6.45, 7) is 11.0. The number of carbonyl (C=O) groups is 2. The van der Waals surface area contributed by atoms with Gasteiger partial charge in [-0.3, -0.25) is 10.1 Å². The van der Waals surface area contributed by atoms with Gasteiger partial charge in [0.2, 0.25) is 11.9 Å². The van der Waals surface area contributed by atoms with Gasteiger partial charge in [-0.25, -0.2) is 9.78 Å². The molecule has 0 aliphatic carbocycles. The van der Waals surface area contributed by atoms with Crippen LogP contribution in [0.2, 0.25) is 0 Å². The number of aromatic nitrogens is 2. The van der Waals surface area contributed by atoms with Crippen molar-refractivity contribution in [2.45, 2.75) is 40.2 Å². The largest absolute Gasteiger partial charge is 0.450 e. The lowest BCUT2D eigenvalue weighted by atomic mass is 9.97. The van der Waals surface area contributed by atoms with Crippen LogP contribution in [0.15, 0.2) is 24.3 Å². The molecule has 1 atom stereocenters. The van der Waals surface area contributed by atoms with Gasteiger partial charge in [-0.1, -0.05) is 26.0 Å². The first kappa shape index (κ1) is 22.1. The number of imidazole rings is 1. The topological polar surface area (TPSA) is 79.7 Å². The number of anilines is 1. The summed E-state index contributed by atoms with van der Waals surface area (Å²) < 4.78 is 7.18. The molecule has 164 valence electrons. The Morgan fingerprint density at radius 1 is 1.23 bits per heavy atom. The van der Waals surface area contributed by atoms with Gasteiger partial charge in [-0.15, -0.1) is 0 Å². The van der Waals surface area contributed by atoms with Crippen LogP contribution in [-0.4, -0.2) is 70.7 Å². The second kappa shape index (κ2) is 10.4. The number of benzene rings is 1. The minimum atomic E-state index is -0.346. The van der Waals surface area contributed by atoms with Crippen LogP contribution in [0, 0.1) is 5.92 Å². The number of nitrogens with zero attached hydrogens (tertiary/aromatic N) is 4. The summed E-state index contributed by atoms with van der Waals surface area (Å²) >= 11 is 0. The van der Waals surface area contributed by atoms with Gasteiger partial charge in [0.1, 0.15) is 0 Å². The molecule has 30 heavy (non-hydrogen) atoms. The zero-order valence-electron chi connectivity index (χ0n) is 18.3. The molecule has 1 unspecified atom stereocenters. The molecule has 8 nitrogen and oxygen atoms in total. The van der Waals surface area contributed by atoms with Gasteiger partial charge in [-0.05, 0) is 45.0 Å². The summed E-state index contributed by atoms with van der Waals surface area (Å²) in [4.78, 5) is 33.7. The van der Waals surface area contributed by atoms with E-state index in [-0.39, 0.29) is 17.9 Å². The Morgan fingerprint density at radius 2 is 2.00 bits per heavy atom. The maximum absolute atomic E-state index is 13.0. The summed E-state index contributed by atoms with van der Waals surface area (Å²) in [5.74, 6) is 0.212. The molecule has 1 aliphatic rings. The lowest BCUT2D eigenvalue weighted by Crippen LogP contribution is -2.44. The number of rotatable bonds is 8. The third kappa shape index (κ3) is 5.11. The lowest BCUT2D eigenvalue weighted by molar-refractivity contribution is -0.121. The van der Waals surface area contributed by atoms with Crippen molar-refractivity contribution < 1.29 is 14.3 Å². The summed E-state index contributed by atoms with van der Waals surface area (Å²) in [5.41, 5.74) is 1.88. The Labute approximate surface area is 178 Å². The highest BCUT2D eigenvalue weighted by atomic mass is 16.6. The predicted molar refractivity (Wildman–Crippen MR) is 117 cm³/mol. The average molecular weight is 416 g/mol. The Morgan fingerprint density at radius 3 is 2.73 bits per heavy atom. The Hall–Kier alpha value is -2.61. The minimum Gasteiger partial charge on any atom is -0.450 e. The Balaban J connectivity index is 1.75. The number of nitrogens with one attached hydrogen (secondary N) is 1. The van der Waals surface area contributed by atoms with E-state index >= 15 is 0 Å². The van der Waals surface area contributed by atoms with E-state index in [0.717, 1.165) is 50.1 Å². The quantitative estimate of drug-likeness (QED) is 0.716. The Bertz CT molecular complexity index is 862. The fourth-order valence-electron chi connectivity index (χ4n) is 3.96. The molecular weight excluding hydrogens is 382 g/mol. The number of piperidine rings is 1. The third-order valence-electron chi connectivity index (χ3n) is 5.74. The van der Waals surface area contributed by atoms with Crippen LogP contribution in [0.5, 0.6) is 0 Å². The molecule has 0 bridgehead atoms. The normalized spacial score (nSPS) is 16.8.